The van der Waals surface area contributed by atoms with Crippen molar-refractivity contribution < 1.29 is 23.5 Å². The lowest BCUT2D eigenvalue weighted by atomic mass is 10.2. The minimum absolute atomic E-state index is 0.0444. The fourth-order valence-corrected chi connectivity index (χ4v) is 5.69. The van der Waals surface area contributed by atoms with Crippen LogP contribution in [-0.2, 0) is 22.7 Å². The van der Waals surface area contributed by atoms with Crippen molar-refractivity contribution in [2.75, 3.05) is 26.1 Å². The molecule has 5 rings (SSSR count). The molecule has 2 amide bonds. The molecule has 0 saturated heterocycles. The van der Waals surface area contributed by atoms with Gasteiger partial charge in [0.1, 0.15) is 23.7 Å². The summed E-state index contributed by atoms with van der Waals surface area (Å²) in [6, 6.07) is 14.5. The van der Waals surface area contributed by atoms with E-state index in [1.54, 1.807) is 36.5 Å². The zero-order chi connectivity index (χ0) is 30.7. The van der Waals surface area contributed by atoms with Crippen molar-refractivity contribution >= 4 is 44.7 Å². The standard InChI is InChI=1S/C31H31FN6O4S/c1-5-37-17-22(35-29(37)18-36(2)3)27-15-21-31(43-27)26(12-13-34-21)42-24-11-10-19(14-20(24)32)38(30(40)16-28(33)39)23-8-6-7-9-25(23)41-4/h6-15,17H,5,16,18H2,1-4H3,(H2,33,39). The minimum atomic E-state index is -0.808. The van der Waals surface area contributed by atoms with Crippen LogP contribution in [0.5, 0.6) is 17.2 Å². The van der Waals surface area contributed by atoms with Crippen molar-refractivity contribution in [2.24, 2.45) is 5.73 Å². The van der Waals surface area contributed by atoms with E-state index in [0.717, 1.165) is 27.6 Å². The number of methoxy groups -OCH3 is 1. The second-order valence-electron chi connectivity index (χ2n) is 9.96. The zero-order valence-electron chi connectivity index (χ0n) is 24.2. The van der Waals surface area contributed by atoms with Gasteiger partial charge >= 0.3 is 0 Å². The highest BCUT2D eigenvalue weighted by Crippen LogP contribution is 2.41. The number of rotatable bonds is 11. The van der Waals surface area contributed by atoms with E-state index in [2.05, 4.69) is 21.4 Å². The molecule has 0 spiro atoms. The van der Waals surface area contributed by atoms with Crippen molar-refractivity contribution in [3.05, 3.63) is 78.6 Å². The maximum atomic E-state index is 15.6. The van der Waals surface area contributed by atoms with Crippen molar-refractivity contribution in [2.45, 2.75) is 26.4 Å². The smallest absolute Gasteiger partial charge is 0.241 e. The molecule has 222 valence electrons. The number of aromatic nitrogens is 3. The Balaban J connectivity index is 1.47. The van der Waals surface area contributed by atoms with Gasteiger partial charge in [0.15, 0.2) is 11.6 Å². The Hall–Kier alpha value is -4.81. The number of primary amides is 1. The molecule has 0 aliphatic rings. The average molecular weight is 603 g/mol. The normalized spacial score (nSPS) is 11.2. The third-order valence-electron chi connectivity index (χ3n) is 6.58. The maximum absolute atomic E-state index is 15.6. The molecule has 5 aromatic rings. The summed E-state index contributed by atoms with van der Waals surface area (Å²) >= 11 is 1.46. The molecule has 0 bridgehead atoms. The first-order chi connectivity index (χ1) is 20.7. The van der Waals surface area contributed by atoms with Gasteiger partial charge in [-0.3, -0.25) is 19.5 Å². The number of hydrogen-bond donors (Lipinski definition) is 1. The molecule has 3 heterocycles. The molecular weight excluding hydrogens is 571 g/mol. The van der Waals surface area contributed by atoms with Crippen LogP contribution in [0.1, 0.15) is 19.2 Å². The molecule has 0 radical (unpaired) electrons. The number of benzene rings is 2. The fraction of sp³-hybridized carbons (Fsp3) is 0.226. The van der Waals surface area contributed by atoms with Gasteiger partial charge in [0.25, 0.3) is 0 Å². The number of amides is 2. The van der Waals surface area contributed by atoms with Crippen molar-refractivity contribution in [3.63, 3.8) is 0 Å². The number of carbonyl (C=O) groups excluding carboxylic acids is 2. The van der Waals surface area contributed by atoms with E-state index in [9.17, 15) is 9.59 Å². The van der Waals surface area contributed by atoms with Crippen LogP contribution in [0, 0.1) is 5.82 Å². The SMILES string of the molecule is CCn1cc(-c2cc3nccc(Oc4ccc(N(C(=O)CC(N)=O)c5ccccc5OC)cc4F)c3s2)nc1CN(C)C. The largest absolute Gasteiger partial charge is 0.495 e. The molecule has 0 fully saturated rings. The molecule has 0 aliphatic heterocycles. The zero-order valence-corrected chi connectivity index (χ0v) is 25.0. The van der Waals surface area contributed by atoms with Crippen LogP contribution in [0.2, 0.25) is 0 Å². The van der Waals surface area contributed by atoms with E-state index < -0.39 is 24.1 Å². The molecular formula is C31H31FN6O4S. The van der Waals surface area contributed by atoms with Gasteiger partial charge in [-0.25, -0.2) is 9.37 Å². The Bertz CT molecular complexity index is 1800. The monoisotopic (exact) mass is 602 g/mol. The minimum Gasteiger partial charge on any atom is -0.495 e. The number of aryl methyl sites for hydroxylation is 1. The lowest BCUT2D eigenvalue weighted by Gasteiger charge is -2.24. The van der Waals surface area contributed by atoms with E-state index >= 15 is 4.39 Å². The number of imidazole rings is 1. The Morgan fingerprint density at radius 3 is 2.56 bits per heavy atom. The maximum Gasteiger partial charge on any atom is 0.241 e. The number of ether oxygens (including phenoxy) is 2. The van der Waals surface area contributed by atoms with Crippen LogP contribution < -0.4 is 20.1 Å². The summed E-state index contributed by atoms with van der Waals surface area (Å²) in [5.74, 6) is -0.431. The molecule has 0 atom stereocenters. The first kappa shape index (κ1) is 29.7. The molecule has 0 saturated carbocycles. The summed E-state index contributed by atoms with van der Waals surface area (Å²) in [4.78, 5) is 38.2. The topological polar surface area (TPSA) is 116 Å². The lowest BCUT2D eigenvalue weighted by molar-refractivity contribution is -0.125. The van der Waals surface area contributed by atoms with Crippen LogP contribution in [0.4, 0.5) is 15.8 Å². The van der Waals surface area contributed by atoms with Crippen molar-refractivity contribution in [1.82, 2.24) is 19.4 Å². The summed E-state index contributed by atoms with van der Waals surface area (Å²) in [6.07, 6.45) is 3.06. The molecule has 2 N–H and O–H groups in total. The number of hydrogen-bond acceptors (Lipinski definition) is 8. The van der Waals surface area contributed by atoms with Crippen molar-refractivity contribution in [1.29, 1.82) is 0 Å². The highest BCUT2D eigenvalue weighted by Gasteiger charge is 2.24. The number of halogens is 1. The van der Waals surface area contributed by atoms with Gasteiger partial charge in [0, 0.05) is 31.1 Å². The van der Waals surface area contributed by atoms with Gasteiger partial charge in [-0.2, -0.15) is 0 Å². The van der Waals surface area contributed by atoms with Gasteiger partial charge in [0.05, 0.1) is 45.8 Å². The predicted octanol–water partition coefficient (Wildman–Crippen LogP) is 5.72. The quantitative estimate of drug-likeness (QED) is 0.192. The number of nitrogens with two attached hydrogens (primary N) is 1. The van der Waals surface area contributed by atoms with E-state index in [0.29, 0.717) is 29.2 Å². The summed E-state index contributed by atoms with van der Waals surface area (Å²) < 4.78 is 29.9. The lowest BCUT2D eigenvalue weighted by Crippen LogP contribution is -2.30. The number of thiophene rings is 1. The number of fused-ring (bicyclic) bond motifs is 1. The number of carbonyl (C=O) groups is 2. The molecule has 12 heteroatoms. The van der Waals surface area contributed by atoms with Crippen LogP contribution in [-0.4, -0.2) is 52.5 Å². The van der Waals surface area contributed by atoms with Gasteiger partial charge in [-0.05, 0) is 51.4 Å². The third kappa shape index (κ3) is 6.35. The van der Waals surface area contributed by atoms with Gasteiger partial charge in [-0.15, -0.1) is 11.3 Å². The predicted molar refractivity (Wildman–Crippen MR) is 164 cm³/mol. The molecule has 0 aliphatic carbocycles. The summed E-state index contributed by atoms with van der Waals surface area (Å²) in [5.41, 5.74) is 7.35. The van der Waals surface area contributed by atoms with E-state index in [1.807, 2.05) is 26.4 Å². The van der Waals surface area contributed by atoms with Crippen LogP contribution in [0.3, 0.4) is 0 Å². The van der Waals surface area contributed by atoms with E-state index in [-0.39, 0.29) is 11.4 Å². The van der Waals surface area contributed by atoms with Crippen molar-refractivity contribution in [3.8, 4) is 27.8 Å². The highest BCUT2D eigenvalue weighted by molar-refractivity contribution is 7.22. The fourth-order valence-electron chi connectivity index (χ4n) is 4.67. The Morgan fingerprint density at radius 1 is 1.07 bits per heavy atom. The molecule has 0 unspecified atom stereocenters. The number of para-hydroxylation sites is 2. The number of pyridine rings is 1. The molecule has 2 aromatic carbocycles. The second kappa shape index (κ2) is 12.6. The first-order valence-electron chi connectivity index (χ1n) is 13.5. The first-order valence-corrected chi connectivity index (χ1v) is 14.3. The second-order valence-corrected chi connectivity index (χ2v) is 11.0. The summed E-state index contributed by atoms with van der Waals surface area (Å²) in [5, 5.41) is 0. The highest BCUT2D eigenvalue weighted by atomic mass is 32.1. The Morgan fingerprint density at radius 2 is 1.86 bits per heavy atom. The van der Waals surface area contributed by atoms with Gasteiger partial charge in [0.2, 0.25) is 11.8 Å². The molecule has 3 aromatic heterocycles. The Kier molecular flexibility index (Phi) is 8.69. The number of nitrogens with zero attached hydrogens (tertiary/aromatic N) is 5. The van der Waals surface area contributed by atoms with Gasteiger partial charge in [-0.1, -0.05) is 12.1 Å². The molecule has 43 heavy (non-hydrogen) atoms. The van der Waals surface area contributed by atoms with Crippen LogP contribution >= 0.6 is 11.3 Å². The van der Waals surface area contributed by atoms with Gasteiger partial charge < -0.3 is 24.7 Å². The molecule has 10 nitrogen and oxygen atoms in total. The van der Waals surface area contributed by atoms with Crippen LogP contribution in [0.15, 0.2) is 67.0 Å². The average Bonchev–Trinajstić information content (AvgIpc) is 3.59. The Labute approximate surface area is 252 Å². The number of anilines is 2. The van der Waals surface area contributed by atoms with E-state index in [4.69, 9.17) is 20.2 Å². The summed E-state index contributed by atoms with van der Waals surface area (Å²) in [7, 11) is 5.46. The van der Waals surface area contributed by atoms with Crippen LogP contribution in [0.25, 0.3) is 20.8 Å². The van der Waals surface area contributed by atoms with E-state index in [1.165, 1.54) is 41.5 Å². The summed E-state index contributed by atoms with van der Waals surface area (Å²) in [6.45, 7) is 3.58. The third-order valence-corrected chi connectivity index (χ3v) is 7.74.